The van der Waals surface area contributed by atoms with E-state index in [-0.39, 0.29) is 5.41 Å². The zero-order chi connectivity index (χ0) is 12.5. The van der Waals surface area contributed by atoms with Crippen LogP contribution in [0.4, 0.5) is 0 Å². The van der Waals surface area contributed by atoms with E-state index in [1.54, 1.807) is 0 Å². The highest BCUT2D eigenvalue weighted by atomic mass is 15.0. The molecule has 3 saturated carbocycles. The number of rotatable bonds is 1. The molecule has 0 radical (unpaired) electrons. The number of hydrogen-bond donors (Lipinski definition) is 0. The van der Waals surface area contributed by atoms with E-state index in [1.165, 1.54) is 24.8 Å². The first-order chi connectivity index (χ1) is 7.84. The Bertz CT molecular complexity index is 431. The lowest BCUT2D eigenvalue weighted by atomic mass is 9.78. The first-order valence-corrected chi connectivity index (χ1v) is 7.05. The minimum atomic E-state index is 0.158. The summed E-state index contributed by atoms with van der Waals surface area (Å²) >= 11 is 0. The molecule has 0 aromatic rings. The Morgan fingerprint density at radius 2 is 1.76 bits per heavy atom. The molecule has 0 aromatic heterocycles. The van der Waals surface area contributed by atoms with Gasteiger partial charge in [0, 0.05) is 16.2 Å². The molecule has 3 fully saturated rings. The Morgan fingerprint density at radius 1 is 1.18 bits per heavy atom. The molecule has 0 aromatic carbocycles. The zero-order valence-corrected chi connectivity index (χ0v) is 11.9. The first kappa shape index (κ1) is 11.4. The summed E-state index contributed by atoms with van der Waals surface area (Å²) in [5.41, 5.74) is 2.60. The van der Waals surface area contributed by atoms with Crippen LogP contribution in [0, 0.1) is 39.9 Å². The van der Waals surface area contributed by atoms with Crippen molar-refractivity contribution in [2.75, 3.05) is 0 Å². The second kappa shape index (κ2) is 3.00. The summed E-state index contributed by atoms with van der Waals surface area (Å²) in [6.45, 7) is 11.1. The summed E-state index contributed by atoms with van der Waals surface area (Å²) < 4.78 is 0. The minimum Gasteiger partial charge on any atom is -0.0967 e. The van der Waals surface area contributed by atoms with Crippen LogP contribution in [0.1, 0.15) is 53.9 Å². The Morgan fingerprint density at radius 3 is 2.24 bits per heavy atom. The molecule has 0 saturated heterocycles. The topological polar surface area (TPSA) is 0 Å². The normalized spacial score (nSPS) is 45.2. The van der Waals surface area contributed by atoms with E-state index >= 15 is 0 Å². The van der Waals surface area contributed by atoms with E-state index in [0.29, 0.717) is 10.8 Å². The Hall–Kier alpha value is -0.700. The van der Waals surface area contributed by atoms with E-state index in [0.717, 1.165) is 11.8 Å². The van der Waals surface area contributed by atoms with Crippen molar-refractivity contribution in [2.45, 2.75) is 53.9 Å². The first-order valence-electron chi connectivity index (χ1n) is 7.05. The lowest BCUT2D eigenvalue weighted by molar-refractivity contribution is 0.277. The fourth-order valence-corrected chi connectivity index (χ4v) is 4.48. The van der Waals surface area contributed by atoms with Crippen molar-refractivity contribution >= 4 is 0 Å². The van der Waals surface area contributed by atoms with Crippen LogP contribution in [-0.2, 0) is 0 Å². The van der Waals surface area contributed by atoms with E-state index in [9.17, 15) is 0 Å². The van der Waals surface area contributed by atoms with Crippen LogP contribution in [0.3, 0.4) is 0 Å². The molecule has 3 aliphatic carbocycles. The van der Waals surface area contributed by atoms with Crippen LogP contribution < -0.4 is 0 Å². The van der Waals surface area contributed by atoms with Gasteiger partial charge in [-0.25, -0.2) is 0 Å². The van der Waals surface area contributed by atoms with Gasteiger partial charge in [0.2, 0.25) is 0 Å². The molecule has 0 aliphatic heterocycles. The van der Waals surface area contributed by atoms with E-state index < -0.39 is 0 Å². The molecule has 2 atom stereocenters. The number of hydrogen-bond acceptors (Lipinski definition) is 0. The summed E-state index contributed by atoms with van der Waals surface area (Å²) in [5.74, 6) is 9.02. The van der Waals surface area contributed by atoms with Crippen LogP contribution in [0.15, 0.2) is 11.6 Å². The molecule has 2 unspecified atom stereocenters. The number of allylic oxidation sites excluding steroid dienone is 2. The van der Waals surface area contributed by atoms with Gasteiger partial charge in [0.1, 0.15) is 0 Å². The van der Waals surface area contributed by atoms with Gasteiger partial charge in [-0.3, -0.25) is 0 Å². The van der Waals surface area contributed by atoms with E-state index in [1.807, 2.05) is 0 Å². The van der Waals surface area contributed by atoms with Crippen molar-refractivity contribution in [3.05, 3.63) is 11.6 Å². The second-order valence-electron chi connectivity index (χ2n) is 7.56. The van der Waals surface area contributed by atoms with Crippen molar-refractivity contribution in [2.24, 2.45) is 28.1 Å². The third-order valence-corrected chi connectivity index (χ3v) is 4.96. The van der Waals surface area contributed by atoms with Gasteiger partial charge in [-0.1, -0.05) is 29.9 Å². The lowest BCUT2D eigenvalue weighted by Crippen LogP contribution is -2.18. The van der Waals surface area contributed by atoms with Crippen LogP contribution >= 0.6 is 0 Å². The fraction of sp³-hybridized carbons (Fsp3) is 0.765. The molecule has 92 valence electrons. The smallest absolute Gasteiger partial charge is 0.0485 e. The van der Waals surface area contributed by atoms with Crippen molar-refractivity contribution < 1.29 is 0 Å². The Kier molecular flexibility index (Phi) is 2.01. The Labute approximate surface area is 106 Å². The van der Waals surface area contributed by atoms with Crippen molar-refractivity contribution in [1.29, 1.82) is 0 Å². The standard InChI is InChI=1S/C17H24/c1-12(2)11-17-13-7-6-8-14(17)16(13,17)10-9-15(3,4)5/h11,13-14H,6-8H2,1-5H3. The highest BCUT2D eigenvalue weighted by Crippen LogP contribution is 2.98. The van der Waals surface area contributed by atoms with Gasteiger partial charge in [0.15, 0.2) is 0 Å². The highest BCUT2D eigenvalue weighted by Gasteiger charge is 2.96. The van der Waals surface area contributed by atoms with Gasteiger partial charge in [-0.05, 0) is 59.3 Å². The molecule has 0 heteroatoms. The van der Waals surface area contributed by atoms with E-state index in [2.05, 4.69) is 52.5 Å². The molecular weight excluding hydrogens is 204 g/mol. The quantitative estimate of drug-likeness (QED) is 0.460. The minimum absolute atomic E-state index is 0.158. The predicted molar refractivity (Wildman–Crippen MR) is 72.4 cm³/mol. The lowest BCUT2D eigenvalue weighted by Gasteiger charge is -2.25. The summed E-state index contributed by atoms with van der Waals surface area (Å²) in [6.07, 6.45) is 6.82. The van der Waals surface area contributed by atoms with Gasteiger partial charge in [-0.2, -0.15) is 0 Å². The van der Waals surface area contributed by atoms with Gasteiger partial charge in [0.25, 0.3) is 0 Å². The highest BCUT2D eigenvalue weighted by molar-refractivity contribution is 5.57. The predicted octanol–water partition coefficient (Wildman–Crippen LogP) is 4.42. The van der Waals surface area contributed by atoms with Gasteiger partial charge in [-0.15, -0.1) is 0 Å². The third kappa shape index (κ3) is 1.26. The third-order valence-electron chi connectivity index (χ3n) is 4.96. The molecule has 3 aliphatic rings. The molecule has 17 heavy (non-hydrogen) atoms. The van der Waals surface area contributed by atoms with Crippen LogP contribution in [0.25, 0.3) is 0 Å². The summed E-state index contributed by atoms with van der Waals surface area (Å²) in [6, 6.07) is 0. The van der Waals surface area contributed by atoms with Crippen LogP contribution in [0.2, 0.25) is 0 Å². The summed E-state index contributed by atoms with van der Waals surface area (Å²) in [7, 11) is 0. The fourth-order valence-electron chi connectivity index (χ4n) is 4.48. The maximum absolute atomic E-state index is 3.70. The van der Waals surface area contributed by atoms with Crippen molar-refractivity contribution in [3.63, 3.8) is 0 Å². The van der Waals surface area contributed by atoms with Crippen molar-refractivity contribution in [1.82, 2.24) is 0 Å². The molecule has 0 amide bonds. The zero-order valence-electron chi connectivity index (χ0n) is 11.9. The number of fused-ring (bicyclic) bond motifs is 2. The van der Waals surface area contributed by atoms with Gasteiger partial charge >= 0.3 is 0 Å². The molecular formula is C17H24. The average Bonchev–Trinajstić information content (AvgIpc) is 2.99. The van der Waals surface area contributed by atoms with E-state index in [4.69, 9.17) is 0 Å². The van der Waals surface area contributed by atoms with Crippen LogP contribution in [-0.4, -0.2) is 0 Å². The van der Waals surface area contributed by atoms with Gasteiger partial charge < -0.3 is 0 Å². The largest absolute Gasteiger partial charge is 0.0967 e. The maximum Gasteiger partial charge on any atom is 0.0485 e. The van der Waals surface area contributed by atoms with Crippen molar-refractivity contribution in [3.8, 4) is 11.8 Å². The summed E-state index contributed by atoms with van der Waals surface area (Å²) in [5, 5.41) is 0. The monoisotopic (exact) mass is 228 g/mol. The molecule has 0 nitrogen and oxygen atoms in total. The maximum atomic E-state index is 3.70. The SMILES string of the molecule is CC(C)=CC12C3CCCC1C32C#CC(C)(C)C. The molecule has 0 heterocycles. The molecule has 0 spiro atoms. The molecule has 0 bridgehead atoms. The average molecular weight is 228 g/mol. The second-order valence-corrected chi connectivity index (χ2v) is 7.56. The summed E-state index contributed by atoms with van der Waals surface area (Å²) in [4.78, 5) is 0. The van der Waals surface area contributed by atoms with Crippen LogP contribution in [0.5, 0.6) is 0 Å². The Balaban J connectivity index is 1.91. The van der Waals surface area contributed by atoms with Gasteiger partial charge in [0.05, 0.1) is 0 Å². The molecule has 0 N–H and O–H groups in total. The molecule has 3 rings (SSSR count).